The maximum absolute atomic E-state index is 10.9. The average Bonchev–Trinajstić information content (AvgIpc) is 3.19. The standard InChI is InChI=1S/C11H13N3O5/c15-9(6-1-2-6)5-13-10-8(14(18)19)3-7(4-12-10)11(16)17/h3-4,6,9,15H,1-2,5H2,(H,12,13)(H,16,17). The van der Waals surface area contributed by atoms with Gasteiger partial charge in [0.25, 0.3) is 0 Å². The van der Waals surface area contributed by atoms with Crippen LogP contribution in [0.1, 0.15) is 23.2 Å². The Hall–Kier alpha value is -2.22. The second-order valence-electron chi connectivity index (χ2n) is 4.44. The number of hydrogen-bond donors (Lipinski definition) is 3. The summed E-state index contributed by atoms with van der Waals surface area (Å²) < 4.78 is 0. The first kappa shape index (κ1) is 13.2. The van der Waals surface area contributed by atoms with E-state index in [-0.39, 0.29) is 23.8 Å². The number of aromatic carboxylic acids is 1. The Balaban J connectivity index is 2.13. The van der Waals surface area contributed by atoms with Crippen LogP contribution >= 0.6 is 0 Å². The van der Waals surface area contributed by atoms with Gasteiger partial charge in [-0.15, -0.1) is 0 Å². The summed E-state index contributed by atoms with van der Waals surface area (Å²) in [5, 5.41) is 32.0. The predicted octanol–water partition coefficient (Wildman–Crippen LogP) is 0.871. The zero-order valence-electron chi connectivity index (χ0n) is 9.94. The first-order chi connectivity index (χ1) is 8.99. The molecule has 1 aliphatic carbocycles. The molecule has 1 atom stereocenters. The number of pyridine rings is 1. The summed E-state index contributed by atoms with van der Waals surface area (Å²) in [4.78, 5) is 24.6. The van der Waals surface area contributed by atoms with Gasteiger partial charge >= 0.3 is 11.7 Å². The van der Waals surface area contributed by atoms with Gasteiger partial charge in [-0.3, -0.25) is 10.1 Å². The molecule has 8 nitrogen and oxygen atoms in total. The lowest BCUT2D eigenvalue weighted by Gasteiger charge is -2.11. The fourth-order valence-electron chi connectivity index (χ4n) is 1.69. The lowest BCUT2D eigenvalue weighted by atomic mass is 10.2. The van der Waals surface area contributed by atoms with Crippen molar-refractivity contribution in [3.63, 3.8) is 0 Å². The minimum Gasteiger partial charge on any atom is -0.478 e. The molecule has 1 heterocycles. The minimum atomic E-state index is -1.28. The third kappa shape index (κ3) is 3.16. The molecule has 8 heteroatoms. The van der Waals surface area contributed by atoms with E-state index in [1.165, 1.54) is 0 Å². The summed E-state index contributed by atoms with van der Waals surface area (Å²) >= 11 is 0. The lowest BCUT2D eigenvalue weighted by Crippen LogP contribution is -2.22. The highest BCUT2D eigenvalue weighted by molar-refractivity contribution is 5.88. The fourth-order valence-corrected chi connectivity index (χ4v) is 1.69. The summed E-state index contributed by atoms with van der Waals surface area (Å²) in [6.45, 7) is 0.158. The molecule has 0 radical (unpaired) electrons. The van der Waals surface area contributed by atoms with E-state index in [1.54, 1.807) is 0 Å². The Bertz CT molecular complexity index is 515. The molecule has 1 aromatic rings. The van der Waals surface area contributed by atoms with Gasteiger partial charge in [0.05, 0.1) is 16.6 Å². The molecule has 1 saturated carbocycles. The van der Waals surface area contributed by atoms with Crippen LogP contribution in [0, 0.1) is 16.0 Å². The van der Waals surface area contributed by atoms with Crippen LogP contribution in [0.3, 0.4) is 0 Å². The Morgan fingerprint density at radius 2 is 2.32 bits per heavy atom. The zero-order chi connectivity index (χ0) is 14.0. The van der Waals surface area contributed by atoms with Crippen molar-refractivity contribution in [3.8, 4) is 0 Å². The summed E-state index contributed by atoms with van der Waals surface area (Å²) in [5.41, 5.74) is -0.664. The molecule has 1 fully saturated rings. The Labute approximate surface area is 108 Å². The first-order valence-electron chi connectivity index (χ1n) is 5.78. The molecule has 3 N–H and O–H groups in total. The number of nitrogens with zero attached hydrogens (tertiary/aromatic N) is 2. The number of carboxylic acids is 1. The number of rotatable bonds is 6. The number of hydrogen-bond acceptors (Lipinski definition) is 6. The topological polar surface area (TPSA) is 126 Å². The van der Waals surface area contributed by atoms with Crippen LogP contribution in [0.4, 0.5) is 11.5 Å². The summed E-state index contributed by atoms with van der Waals surface area (Å²) in [7, 11) is 0. The van der Waals surface area contributed by atoms with E-state index in [2.05, 4.69) is 10.3 Å². The van der Waals surface area contributed by atoms with Crippen molar-refractivity contribution in [2.45, 2.75) is 18.9 Å². The van der Waals surface area contributed by atoms with Gasteiger partial charge in [-0.2, -0.15) is 0 Å². The largest absolute Gasteiger partial charge is 0.478 e. The lowest BCUT2D eigenvalue weighted by molar-refractivity contribution is -0.384. The van der Waals surface area contributed by atoms with Gasteiger partial charge in [0.1, 0.15) is 0 Å². The molecule has 19 heavy (non-hydrogen) atoms. The van der Waals surface area contributed by atoms with Crippen molar-refractivity contribution in [2.75, 3.05) is 11.9 Å². The quantitative estimate of drug-likeness (QED) is 0.515. The van der Waals surface area contributed by atoms with E-state index < -0.39 is 22.7 Å². The highest BCUT2D eigenvalue weighted by Crippen LogP contribution is 2.33. The highest BCUT2D eigenvalue weighted by Gasteiger charge is 2.30. The second-order valence-corrected chi connectivity index (χ2v) is 4.44. The van der Waals surface area contributed by atoms with Crippen molar-refractivity contribution in [3.05, 3.63) is 27.9 Å². The van der Waals surface area contributed by atoms with Gasteiger partial charge in [-0.05, 0) is 18.8 Å². The van der Waals surface area contributed by atoms with E-state index in [9.17, 15) is 20.0 Å². The SMILES string of the molecule is O=C(O)c1cnc(NCC(O)C2CC2)c([N+](=O)[O-])c1. The van der Waals surface area contributed by atoms with Crippen molar-refractivity contribution in [2.24, 2.45) is 5.92 Å². The van der Waals surface area contributed by atoms with Crippen molar-refractivity contribution in [1.29, 1.82) is 0 Å². The van der Waals surface area contributed by atoms with Crippen LogP contribution in [0.15, 0.2) is 12.3 Å². The third-order valence-corrected chi connectivity index (χ3v) is 2.96. The van der Waals surface area contributed by atoms with Crippen LogP contribution in [0.25, 0.3) is 0 Å². The maximum Gasteiger partial charge on any atom is 0.337 e. The molecule has 1 aliphatic rings. The van der Waals surface area contributed by atoms with Gasteiger partial charge in [0, 0.05) is 18.8 Å². The first-order valence-corrected chi connectivity index (χ1v) is 5.78. The predicted molar refractivity (Wildman–Crippen MR) is 65.1 cm³/mol. The maximum atomic E-state index is 10.9. The number of carbonyl (C=O) groups is 1. The van der Waals surface area contributed by atoms with Gasteiger partial charge in [-0.1, -0.05) is 0 Å². The number of carboxylic acid groups (broad SMARTS) is 1. The normalized spacial score (nSPS) is 15.8. The summed E-state index contributed by atoms with van der Waals surface area (Å²) in [5.74, 6) is -1.07. The number of aliphatic hydroxyl groups is 1. The molecule has 0 aliphatic heterocycles. The monoisotopic (exact) mass is 267 g/mol. The minimum absolute atomic E-state index is 0.0327. The smallest absolute Gasteiger partial charge is 0.337 e. The number of nitrogens with one attached hydrogen (secondary N) is 1. The van der Waals surface area contributed by atoms with Crippen LogP contribution in [-0.2, 0) is 0 Å². The average molecular weight is 267 g/mol. The second kappa shape index (κ2) is 5.19. The molecule has 102 valence electrons. The van der Waals surface area contributed by atoms with Crippen molar-refractivity contribution < 1.29 is 19.9 Å². The molecule has 0 bridgehead atoms. The molecular formula is C11H13N3O5. The highest BCUT2D eigenvalue weighted by atomic mass is 16.6. The zero-order valence-corrected chi connectivity index (χ0v) is 9.94. The third-order valence-electron chi connectivity index (χ3n) is 2.96. The van der Waals surface area contributed by atoms with Crippen LogP contribution in [0.2, 0.25) is 0 Å². The van der Waals surface area contributed by atoms with E-state index in [4.69, 9.17) is 5.11 Å². The summed E-state index contributed by atoms with van der Waals surface area (Å²) in [6.07, 6.45) is 2.38. The van der Waals surface area contributed by atoms with Gasteiger partial charge in [0.2, 0.25) is 5.82 Å². The van der Waals surface area contributed by atoms with E-state index >= 15 is 0 Å². The molecule has 2 rings (SSSR count). The molecule has 0 spiro atoms. The number of nitro groups is 1. The molecule has 0 saturated heterocycles. The Kier molecular flexibility index (Phi) is 3.61. The van der Waals surface area contributed by atoms with Crippen LogP contribution in [0.5, 0.6) is 0 Å². The van der Waals surface area contributed by atoms with Crippen molar-refractivity contribution in [1.82, 2.24) is 4.98 Å². The summed E-state index contributed by atoms with van der Waals surface area (Å²) in [6, 6.07) is 0.946. The molecule has 0 aromatic carbocycles. The van der Waals surface area contributed by atoms with Crippen LogP contribution in [-0.4, -0.2) is 38.7 Å². The van der Waals surface area contributed by atoms with Crippen LogP contribution < -0.4 is 5.32 Å². The van der Waals surface area contributed by atoms with Gasteiger partial charge in [-0.25, -0.2) is 9.78 Å². The number of aliphatic hydroxyl groups excluding tert-OH is 1. The number of anilines is 1. The van der Waals surface area contributed by atoms with E-state index in [0.717, 1.165) is 25.1 Å². The number of aromatic nitrogens is 1. The molecule has 1 unspecified atom stereocenters. The Morgan fingerprint density at radius 1 is 1.63 bits per heavy atom. The fraction of sp³-hybridized carbons (Fsp3) is 0.455. The van der Waals surface area contributed by atoms with Gasteiger partial charge in [0.15, 0.2) is 0 Å². The molecular weight excluding hydrogens is 254 g/mol. The Morgan fingerprint density at radius 3 is 2.84 bits per heavy atom. The van der Waals surface area contributed by atoms with E-state index in [1.807, 2.05) is 0 Å². The molecule has 1 aromatic heterocycles. The van der Waals surface area contributed by atoms with Gasteiger partial charge < -0.3 is 15.5 Å². The van der Waals surface area contributed by atoms with Crippen molar-refractivity contribution >= 4 is 17.5 Å². The van der Waals surface area contributed by atoms with E-state index in [0.29, 0.717) is 0 Å². The molecule has 0 amide bonds.